The average molecular weight is 259 g/mol. The molecular formula is C4H11N4O9+3. The summed E-state index contributed by atoms with van der Waals surface area (Å²) in [7, 11) is 0. The Balaban J connectivity index is 4.37. The number of hydrogen-bond acceptors (Lipinski definition) is 7. The maximum absolute atomic E-state index is 10.0. The highest BCUT2D eigenvalue weighted by molar-refractivity contribution is 4.82. The van der Waals surface area contributed by atoms with E-state index in [9.17, 15) is 14.7 Å². The second-order valence-electron chi connectivity index (χ2n) is 2.90. The van der Waals surface area contributed by atoms with Gasteiger partial charge in [-0.3, -0.25) is 0 Å². The van der Waals surface area contributed by atoms with E-state index in [1.54, 1.807) is 0 Å². The first kappa shape index (κ1) is 14.6. The molecule has 0 spiro atoms. The molecule has 0 amide bonds. The lowest BCUT2D eigenvalue weighted by Crippen LogP contribution is -2.54. The number of nitrogens with two attached hydrogens (primary N) is 1. The fourth-order valence-corrected chi connectivity index (χ4v) is 0.676. The number of nitrogens with zero attached hydrogens (tertiary/aromatic N) is 3. The molecule has 17 heavy (non-hydrogen) atoms. The Morgan fingerprint density at radius 3 is 1.24 bits per heavy atom. The van der Waals surface area contributed by atoms with E-state index in [0.717, 1.165) is 0 Å². The minimum Gasteiger partial charge on any atom is -0.316 e. The van der Waals surface area contributed by atoms with Crippen LogP contribution in [0.1, 0.15) is 0 Å². The van der Waals surface area contributed by atoms with Gasteiger partial charge in [-0.2, -0.15) is 14.5 Å². The van der Waals surface area contributed by atoms with Gasteiger partial charge in [0.15, 0.2) is 19.8 Å². The molecule has 0 aliphatic rings. The van der Waals surface area contributed by atoms with E-state index in [1.165, 1.54) is 0 Å². The molecule has 98 valence electrons. The molecule has 0 unspecified atom stereocenters. The zero-order chi connectivity index (χ0) is 13.5. The predicted molar refractivity (Wildman–Crippen MR) is 41.0 cm³/mol. The van der Waals surface area contributed by atoms with Crippen molar-refractivity contribution in [3.8, 4) is 0 Å². The van der Waals surface area contributed by atoms with E-state index in [2.05, 4.69) is 14.5 Å². The van der Waals surface area contributed by atoms with Crippen molar-refractivity contribution in [1.29, 1.82) is 0 Å². The third kappa shape index (κ3) is 7.48. The highest BCUT2D eigenvalue weighted by Gasteiger charge is 2.38. The Labute approximate surface area is 92.3 Å². The molecule has 0 heterocycles. The van der Waals surface area contributed by atoms with Gasteiger partial charge in [-0.05, 0) is 0 Å². The maximum atomic E-state index is 10.0. The molecule has 0 radical (unpaired) electrons. The highest BCUT2D eigenvalue weighted by atomic mass is 17.0. The Hall–Kier alpha value is -2.44. The van der Waals surface area contributed by atoms with Crippen LogP contribution in [0.5, 0.6) is 0 Å². The molecule has 0 aliphatic carbocycles. The Bertz CT molecular complexity index is 260. The van der Waals surface area contributed by atoms with Crippen LogP contribution in [-0.2, 0) is 14.5 Å². The lowest BCUT2D eigenvalue weighted by Gasteiger charge is -2.17. The van der Waals surface area contributed by atoms with E-state index < -0.39 is 40.6 Å². The second kappa shape index (κ2) is 6.21. The molecular weight excluding hydrogens is 248 g/mol. The lowest BCUT2D eigenvalue weighted by atomic mass is 10.1. The van der Waals surface area contributed by atoms with Crippen LogP contribution in [0.2, 0.25) is 0 Å². The van der Waals surface area contributed by atoms with Gasteiger partial charge < -0.3 is 5.73 Å². The van der Waals surface area contributed by atoms with Gasteiger partial charge in [0.1, 0.15) is 20.3 Å². The quantitative estimate of drug-likeness (QED) is 0.338. The van der Waals surface area contributed by atoms with Crippen molar-refractivity contribution < 1.29 is 45.4 Å². The molecule has 0 rings (SSSR count). The van der Waals surface area contributed by atoms with Gasteiger partial charge in [0.2, 0.25) is 0 Å². The first-order valence-corrected chi connectivity index (χ1v) is 3.91. The van der Waals surface area contributed by atoms with Gasteiger partial charge in [-0.1, -0.05) is 0 Å². The topological polar surface area (TPSA) is 175 Å². The van der Waals surface area contributed by atoms with Gasteiger partial charge in [0.05, 0.1) is 0 Å². The molecule has 0 aromatic carbocycles. The smallest absolute Gasteiger partial charge is 0.316 e. The van der Waals surface area contributed by atoms with Gasteiger partial charge in [-0.25, -0.2) is 15.6 Å². The summed E-state index contributed by atoms with van der Waals surface area (Å²) in [5, 5.41) is 21.7. The summed E-state index contributed by atoms with van der Waals surface area (Å²) in [6, 6.07) is 0. The van der Waals surface area contributed by atoms with Crippen LogP contribution >= 0.6 is 0 Å². The Morgan fingerprint density at radius 1 is 0.824 bits per heavy atom. The van der Waals surface area contributed by atoms with Crippen LogP contribution in [0.25, 0.3) is 0 Å². The van der Waals surface area contributed by atoms with Gasteiger partial charge >= 0.3 is 15.3 Å². The van der Waals surface area contributed by atoms with E-state index in [-0.39, 0.29) is 0 Å². The fraction of sp³-hybridized carbons (Fsp3) is 1.00. The summed E-state index contributed by atoms with van der Waals surface area (Å²) in [6.07, 6.45) is 0. The molecule has 13 nitrogen and oxygen atoms in total. The lowest BCUT2D eigenvalue weighted by molar-refractivity contribution is -0.986. The van der Waals surface area contributed by atoms with Gasteiger partial charge in [-0.15, -0.1) is 0 Å². The summed E-state index contributed by atoms with van der Waals surface area (Å²) >= 11 is 0. The predicted octanol–water partition coefficient (Wildman–Crippen LogP) is -2.02. The summed E-state index contributed by atoms with van der Waals surface area (Å²) < 4.78 is 0. The van der Waals surface area contributed by atoms with Crippen molar-refractivity contribution >= 4 is 0 Å². The van der Waals surface area contributed by atoms with Crippen LogP contribution in [-0.4, -0.2) is 56.2 Å². The molecule has 0 saturated heterocycles. The number of rotatable bonds is 9. The average Bonchev–Trinajstić information content (AvgIpc) is 2.21. The first-order chi connectivity index (χ1) is 7.75. The van der Waals surface area contributed by atoms with E-state index in [1.807, 2.05) is 0 Å². The summed E-state index contributed by atoms with van der Waals surface area (Å²) in [5.41, 5.74) is 3.66. The molecule has 0 atom stereocenters. The van der Waals surface area contributed by atoms with Crippen molar-refractivity contribution in [3.05, 3.63) is 14.7 Å². The molecule has 0 aromatic rings. The summed E-state index contributed by atoms with van der Waals surface area (Å²) in [5.74, 6) is 0. The van der Waals surface area contributed by atoms with E-state index in [4.69, 9.17) is 21.4 Å². The van der Waals surface area contributed by atoms with Crippen molar-refractivity contribution in [2.24, 2.45) is 5.73 Å². The van der Waals surface area contributed by atoms with Crippen LogP contribution < -0.4 is 5.73 Å². The molecule has 0 bridgehead atoms. The minimum absolute atomic E-state index is 0.741. The largest absolute Gasteiger partial charge is 0.475 e. The SMILES string of the molecule is NC(CO[N+](=O)O)(CO[N+](=O)O)CO[N+](=O)O. The van der Waals surface area contributed by atoms with E-state index in [0.29, 0.717) is 0 Å². The van der Waals surface area contributed by atoms with Gasteiger partial charge in [0, 0.05) is 0 Å². The Morgan fingerprint density at radius 2 is 1.06 bits per heavy atom. The maximum Gasteiger partial charge on any atom is 0.475 e. The normalized spacial score (nSPS) is 10.4. The van der Waals surface area contributed by atoms with E-state index >= 15 is 0 Å². The minimum atomic E-state index is -1.78. The highest BCUT2D eigenvalue weighted by Crippen LogP contribution is 2.04. The third-order valence-corrected chi connectivity index (χ3v) is 1.39. The summed E-state index contributed by atoms with van der Waals surface area (Å²) in [4.78, 5) is 42.2. The first-order valence-electron chi connectivity index (χ1n) is 3.91. The molecule has 13 heteroatoms. The van der Waals surface area contributed by atoms with Crippen molar-refractivity contribution in [1.82, 2.24) is 0 Å². The molecule has 0 aliphatic heterocycles. The molecule has 5 N–H and O–H groups in total. The third-order valence-electron chi connectivity index (χ3n) is 1.39. The molecule has 0 aromatic heterocycles. The fourth-order valence-electron chi connectivity index (χ4n) is 0.676. The molecule has 0 saturated carbocycles. The second-order valence-corrected chi connectivity index (χ2v) is 2.90. The Kier molecular flexibility index (Phi) is 5.32. The van der Waals surface area contributed by atoms with Crippen LogP contribution in [0.15, 0.2) is 0 Å². The number of hydrogen-bond donors (Lipinski definition) is 4. The van der Waals surface area contributed by atoms with Crippen molar-refractivity contribution in [3.63, 3.8) is 0 Å². The van der Waals surface area contributed by atoms with Crippen molar-refractivity contribution in [2.45, 2.75) is 5.54 Å². The van der Waals surface area contributed by atoms with Crippen LogP contribution in [0, 0.1) is 14.7 Å². The molecule has 0 fully saturated rings. The zero-order valence-corrected chi connectivity index (χ0v) is 8.33. The zero-order valence-electron chi connectivity index (χ0n) is 8.33. The summed E-state index contributed by atoms with van der Waals surface area (Å²) in [6.45, 7) is -2.22. The monoisotopic (exact) mass is 259 g/mol. The van der Waals surface area contributed by atoms with Gasteiger partial charge in [0.25, 0.3) is 0 Å². The van der Waals surface area contributed by atoms with Crippen LogP contribution in [0.4, 0.5) is 0 Å². The standard InChI is InChI=1S/C4H11N4O9/c5-4(1-15-6(9)10,2-16-7(11)12)3-17-8(13)14/h1-3,5H2,(H,9,10)(H,11,12)(H,13,14)/q+3. The van der Waals surface area contributed by atoms with Crippen molar-refractivity contribution in [2.75, 3.05) is 19.8 Å². The van der Waals surface area contributed by atoms with Crippen LogP contribution in [0.3, 0.4) is 0 Å².